The van der Waals surface area contributed by atoms with E-state index in [9.17, 15) is 9.59 Å². The van der Waals surface area contributed by atoms with Crippen LogP contribution in [0, 0.1) is 0 Å². The number of carboxylic acid groups (broad SMARTS) is 1. The summed E-state index contributed by atoms with van der Waals surface area (Å²) in [6, 6.07) is -0.799. The number of carbonyl (C=O) groups is 2. The molecule has 0 spiro atoms. The molecular weight excluding hydrogens is 252 g/mol. The summed E-state index contributed by atoms with van der Waals surface area (Å²) in [5, 5.41) is 11.3. The highest BCUT2D eigenvalue weighted by Gasteiger charge is 2.18. The first kappa shape index (κ1) is 13.4. The lowest BCUT2D eigenvalue weighted by molar-refractivity contribution is -0.141. The standard InChI is InChI=1S/C8H15BrN2O3/c9-5-7(12)11-6(8(13)14)3-1-2-4-10/h6H,1-5,10H2,(H,11,12)(H,13,14)/t6-/m1/s1. The monoisotopic (exact) mass is 266 g/mol. The van der Waals surface area contributed by atoms with Crippen molar-refractivity contribution in [2.75, 3.05) is 11.9 Å². The largest absolute Gasteiger partial charge is 0.480 e. The Morgan fingerprint density at radius 3 is 2.50 bits per heavy atom. The summed E-state index contributed by atoms with van der Waals surface area (Å²) in [4.78, 5) is 21.6. The smallest absolute Gasteiger partial charge is 0.326 e. The van der Waals surface area contributed by atoms with E-state index >= 15 is 0 Å². The van der Waals surface area contributed by atoms with Crippen LogP contribution in [0.2, 0.25) is 0 Å². The maximum absolute atomic E-state index is 10.9. The van der Waals surface area contributed by atoms with Crippen molar-refractivity contribution in [3.8, 4) is 0 Å². The predicted octanol–water partition coefficient (Wildman–Crippen LogP) is 0.0797. The van der Waals surface area contributed by atoms with Gasteiger partial charge in [-0.15, -0.1) is 0 Å². The van der Waals surface area contributed by atoms with Gasteiger partial charge in [-0.1, -0.05) is 15.9 Å². The van der Waals surface area contributed by atoms with Crippen molar-refractivity contribution in [1.82, 2.24) is 5.32 Å². The zero-order valence-corrected chi connectivity index (χ0v) is 9.42. The fourth-order valence-electron chi connectivity index (χ4n) is 0.983. The molecule has 0 fully saturated rings. The van der Waals surface area contributed by atoms with Crippen LogP contribution in [0.15, 0.2) is 0 Å². The number of carboxylic acids is 1. The van der Waals surface area contributed by atoms with Crippen molar-refractivity contribution in [1.29, 1.82) is 0 Å². The molecule has 0 saturated carbocycles. The van der Waals surface area contributed by atoms with Gasteiger partial charge in [-0.05, 0) is 25.8 Å². The van der Waals surface area contributed by atoms with E-state index in [1.807, 2.05) is 0 Å². The fraction of sp³-hybridized carbons (Fsp3) is 0.750. The highest BCUT2D eigenvalue weighted by Crippen LogP contribution is 2.00. The lowest BCUT2D eigenvalue weighted by Gasteiger charge is -2.12. The Labute approximate surface area is 91.2 Å². The molecule has 0 heterocycles. The molecule has 14 heavy (non-hydrogen) atoms. The summed E-state index contributed by atoms with van der Waals surface area (Å²) in [6.45, 7) is 0.540. The number of amides is 1. The quantitative estimate of drug-likeness (QED) is 0.450. The third-order valence-electron chi connectivity index (χ3n) is 1.70. The first-order chi connectivity index (χ1) is 6.61. The van der Waals surface area contributed by atoms with Crippen molar-refractivity contribution in [2.24, 2.45) is 5.73 Å². The Hall–Kier alpha value is -0.620. The number of halogens is 1. The molecule has 0 aromatic rings. The van der Waals surface area contributed by atoms with Gasteiger partial charge in [0, 0.05) is 0 Å². The van der Waals surface area contributed by atoms with Gasteiger partial charge in [0.15, 0.2) is 0 Å². The highest BCUT2D eigenvalue weighted by molar-refractivity contribution is 9.09. The molecule has 5 nitrogen and oxygen atoms in total. The van der Waals surface area contributed by atoms with E-state index in [1.54, 1.807) is 0 Å². The zero-order chi connectivity index (χ0) is 11.0. The number of unbranched alkanes of at least 4 members (excludes halogenated alkanes) is 1. The van der Waals surface area contributed by atoms with E-state index in [1.165, 1.54) is 0 Å². The average Bonchev–Trinajstić information content (AvgIpc) is 2.16. The molecule has 82 valence electrons. The maximum Gasteiger partial charge on any atom is 0.326 e. The number of nitrogens with two attached hydrogens (primary N) is 1. The molecule has 0 unspecified atom stereocenters. The van der Waals surface area contributed by atoms with Crippen molar-refractivity contribution in [3.05, 3.63) is 0 Å². The van der Waals surface area contributed by atoms with Crippen molar-refractivity contribution < 1.29 is 14.7 Å². The average molecular weight is 267 g/mol. The minimum Gasteiger partial charge on any atom is -0.480 e. The van der Waals surface area contributed by atoms with Crippen LogP contribution >= 0.6 is 15.9 Å². The van der Waals surface area contributed by atoms with Gasteiger partial charge in [0.2, 0.25) is 5.91 Å². The second-order valence-electron chi connectivity index (χ2n) is 2.88. The van der Waals surface area contributed by atoms with Crippen molar-refractivity contribution in [3.63, 3.8) is 0 Å². The van der Waals surface area contributed by atoms with Crippen molar-refractivity contribution in [2.45, 2.75) is 25.3 Å². The molecule has 0 radical (unpaired) electrons. The number of hydrogen-bond donors (Lipinski definition) is 3. The number of hydrogen-bond acceptors (Lipinski definition) is 3. The topological polar surface area (TPSA) is 92.4 Å². The van der Waals surface area contributed by atoms with Crippen LogP contribution in [-0.2, 0) is 9.59 Å². The van der Waals surface area contributed by atoms with Gasteiger partial charge in [-0.2, -0.15) is 0 Å². The number of carbonyl (C=O) groups excluding carboxylic acids is 1. The Morgan fingerprint density at radius 2 is 2.07 bits per heavy atom. The second-order valence-corrected chi connectivity index (χ2v) is 3.44. The summed E-state index contributed by atoms with van der Waals surface area (Å²) < 4.78 is 0. The summed E-state index contributed by atoms with van der Waals surface area (Å²) in [6.07, 6.45) is 1.90. The van der Waals surface area contributed by atoms with E-state index < -0.39 is 12.0 Å². The summed E-state index contributed by atoms with van der Waals surface area (Å²) >= 11 is 2.95. The summed E-state index contributed by atoms with van der Waals surface area (Å²) in [5.41, 5.74) is 5.28. The van der Waals surface area contributed by atoms with Crippen LogP contribution in [0.25, 0.3) is 0 Å². The fourth-order valence-corrected chi connectivity index (χ4v) is 1.14. The number of nitrogens with one attached hydrogen (secondary N) is 1. The Balaban J connectivity index is 3.90. The molecule has 0 aromatic carbocycles. The molecule has 6 heteroatoms. The highest BCUT2D eigenvalue weighted by atomic mass is 79.9. The zero-order valence-electron chi connectivity index (χ0n) is 7.83. The third-order valence-corrected chi connectivity index (χ3v) is 2.21. The van der Waals surface area contributed by atoms with E-state index in [-0.39, 0.29) is 11.2 Å². The van der Waals surface area contributed by atoms with Gasteiger partial charge >= 0.3 is 5.97 Å². The van der Waals surface area contributed by atoms with Crippen LogP contribution in [0.1, 0.15) is 19.3 Å². The second kappa shape index (κ2) is 7.75. The Morgan fingerprint density at radius 1 is 1.43 bits per heavy atom. The van der Waals surface area contributed by atoms with Crippen LogP contribution in [0.5, 0.6) is 0 Å². The number of alkyl halides is 1. The van der Waals surface area contributed by atoms with E-state index in [0.717, 1.165) is 6.42 Å². The van der Waals surface area contributed by atoms with Crippen LogP contribution in [-0.4, -0.2) is 34.9 Å². The normalized spacial score (nSPS) is 12.1. The van der Waals surface area contributed by atoms with Crippen LogP contribution in [0.4, 0.5) is 0 Å². The molecule has 1 atom stereocenters. The summed E-state index contributed by atoms with van der Waals surface area (Å²) in [5.74, 6) is -1.32. The third kappa shape index (κ3) is 5.93. The molecule has 0 aliphatic rings. The van der Waals surface area contributed by atoms with E-state index in [2.05, 4.69) is 21.2 Å². The summed E-state index contributed by atoms with van der Waals surface area (Å²) in [7, 11) is 0. The number of aliphatic carboxylic acids is 1. The predicted molar refractivity (Wildman–Crippen MR) is 56.3 cm³/mol. The minimum atomic E-state index is -1.00. The van der Waals surface area contributed by atoms with Gasteiger partial charge in [0.1, 0.15) is 6.04 Å². The molecular formula is C8H15BrN2O3. The van der Waals surface area contributed by atoms with Gasteiger partial charge in [-0.25, -0.2) is 4.79 Å². The van der Waals surface area contributed by atoms with Gasteiger partial charge in [-0.3, -0.25) is 4.79 Å². The lowest BCUT2D eigenvalue weighted by Crippen LogP contribution is -2.41. The van der Waals surface area contributed by atoms with E-state index in [0.29, 0.717) is 19.4 Å². The van der Waals surface area contributed by atoms with Gasteiger partial charge in [0.25, 0.3) is 0 Å². The molecule has 4 N–H and O–H groups in total. The van der Waals surface area contributed by atoms with Crippen LogP contribution in [0.3, 0.4) is 0 Å². The lowest BCUT2D eigenvalue weighted by atomic mass is 10.1. The molecule has 0 aromatic heterocycles. The Kier molecular flexibility index (Phi) is 7.41. The molecule has 0 aliphatic carbocycles. The Bertz CT molecular complexity index is 199. The maximum atomic E-state index is 10.9. The van der Waals surface area contributed by atoms with E-state index in [4.69, 9.17) is 10.8 Å². The first-order valence-electron chi connectivity index (χ1n) is 4.40. The number of rotatable bonds is 7. The SMILES string of the molecule is NCCCC[C@@H](NC(=O)CBr)C(=O)O. The molecule has 0 rings (SSSR count). The first-order valence-corrected chi connectivity index (χ1v) is 5.52. The van der Waals surface area contributed by atoms with Crippen LogP contribution < -0.4 is 11.1 Å². The van der Waals surface area contributed by atoms with Gasteiger partial charge in [0.05, 0.1) is 5.33 Å². The molecule has 1 amide bonds. The molecule has 0 bridgehead atoms. The molecule has 0 saturated heterocycles. The molecule has 0 aliphatic heterocycles. The van der Waals surface area contributed by atoms with Crippen molar-refractivity contribution >= 4 is 27.8 Å². The minimum absolute atomic E-state index is 0.119. The van der Waals surface area contributed by atoms with Gasteiger partial charge < -0.3 is 16.2 Å².